The van der Waals surface area contributed by atoms with Crippen LogP contribution in [0, 0.1) is 30.4 Å². The molecule has 0 spiro atoms. The van der Waals surface area contributed by atoms with Crippen LogP contribution in [0.5, 0.6) is 5.75 Å². The summed E-state index contributed by atoms with van der Waals surface area (Å²) in [5, 5.41) is 0. The maximum atomic E-state index is 14.6. The number of rotatable bonds is 5. The Morgan fingerprint density at radius 2 is 1.41 bits per heavy atom. The summed E-state index contributed by atoms with van der Waals surface area (Å²) >= 11 is 0. The van der Waals surface area contributed by atoms with Gasteiger partial charge >= 0.3 is 12.3 Å². The first-order valence-corrected chi connectivity index (χ1v) is 9.94. The fourth-order valence-electron chi connectivity index (χ4n) is 3.71. The highest BCUT2D eigenvalue weighted by Crippen LogP contribution is 2.43. The summed E-state index contributed by atoms with van der Waals surface area (Å²) in [6.45, 7) is 1.83. The molecular weight excluding hydrogens is 444 g/mol. The van der Waals surface area contributed by atoms with Crippen molar-refractivity contribution in [1.29, 1.82) is 0 Å². The Labute approximate surface area is 179 Å². The van der Waals surface area contributed by atoms with Gasteiger partial charge in [-0.3, -0.25) is 0 Å². The average Bonchev–Trinajstić information content (AvgIpc) is 2.71. The third-order valence-corrected chi connectivity index (χ3v) is 5.52. The molecule has 3 rings (SSSR count). The number of allylic oxidation sites excluding steroid dienone is 2. The van der Waals surface area contributed by atoms with E-state index in [0.717, 1.165) is 17.7 Å². The van der Waals surface area contributed by atoms with Crippen LogP contribution in [0.15, 0.2) is 48.3 Å². The molecule has 1 aliphatic rings. The molecule has 0 aromatic heterocycles. The van der Waals surface area contributed by atoms with Crippen molar-refractivity contribution in [3.63, 3.8) is 0 Å². The SMILES string of the molecule is Cc1ccc(-c2cc(F)c(OC(F)(F)C3CCC(C=C(F)C(F)(F)F)CC3)c(F)c2)cc1. The number of ether oxygens (including phenoxy) is 1. The number of aryl methyl sites for hydroxylation is 1. The van der Waals surface area contributed by atoms with Crippen molar-refractivity contribution in [3.05, 3.63) is 65.5 Å². The van der Waals surface area contributed by atoms with E-state index in [1.807, 2.05) is 6.92 Å². The molecule has 2 aromatic carbocycles. The molecule has 0 amide bonds. The van der Waals surface area contributed by atoms with Crippen LogP contribution in [0.3, 0.4) is 0 Å². The standard InChI is InChI=1S/C23H20F8O/c1-13-2-6-15(7-3-13)16-11-18(24)21(19(25)12-16)32-23(30,31)17-8-4-14(5-9-17)10-20(26)22(27,28)29/h2-3,6-7,10-12,14,17H,4-5,8-9H2,1H3. The summed E-state index contributed by atoms with van der Waals surface area (Å²) in [7, 11) is 0. The summed E-state index contributed by atoms with van der Waals surface area (Å²) in [4.78, 5) is 0. The maximum absolute atomic E-state index is 14.6. The largest absolute Gasteiger partial charge is 0.442 e. The summed E-state index contributed by atoms with van der Waals surface area (Å²) in [6, 6.07) is 8.51. The Bertz CT molecular complexity index is 947. The second-order valence-corrected chi connectivity index (χ2v) is 7.92. The molecular formula is C23H20F8O. The highest BCUT2D eigenvalue weighted by Gasteiger charge is 2.45. The van der Waals surface area contributed by atoms with E-state index >= 15 is 0 Å². The van der Waals surface area contributed by atoms with Crippen LogP contribution < -0.4 is 4.74 Å². The van der Waals surface area contributed by atoms with Crippen LogP contribution in [-0.2, 0) is 0 Å². The van der Waals surface area contributed by atoms with Crippen molar-refractivity contribution < 1.29 is 39.9 Å². The molecule has 0 bridgehead atoms. The number of benzene rings is 2. The minimum atomic E-state index is -5.12. The topological polar surface area (TPSA) is 9.23 Å². The van der Waals surface area contributed by atoms with E-state index in [2.05, 4.69) is 4.74 Å². The van der Waals surface area contributed by atoms with Crippen LogP contribution in [0.1, 0.15) is 31.2 Å². The molecule has 1 aliphatic carbocycles. The second-order valence-electron chi connectivity index (χ2n) is 7.92. The van der Waals surface area contributed by atoms with E-state index in [0.29, 0.717) is 11.6 Å². The van der Waals surface area contributed by atoms with E-state index in [1.165, 1.54) is 0 Å². The predicted molar refractivity (Wildman–Crippen MR) is 103 cm³/mol. The van der Waals surface area contributed by atoms with Gasteiger partial charge in [-0.1, -0.05) is 29.8 Å². The number of halogens is 8. The van der Waals surface area contributed by atoms with E-state index in [9.17, 15) is 35.1 Å². The van der Waals surface area contributed by atoms with Gasteiger partial charge in [0.15, 0.2) is 23.2 Å². The minimum Gasteiger partial charge on any atom is -0.426 e. The zero-order valence-corrected chi connectivity index (χ0v) is 17.0. The molecule has 174 valence electrons. The summed E-state index contributed by atoms with van der Waals surface area (Å²) in [5.41, 5.74) is 1.57. The van der Waals surface area contributed by atoms with Crippen molar-refractivity contribution in [2.24, 2.45) is 11.8 Å². The fraction of sp³-hybridized carbons (Fsp3) is 0.391. The monoisotopic (exact) mass is 464 g/mol. The smallest absolute Gasteiger partial charge is 0.426 e. The second kappa shape index (κ2) is 9.11. The highest BCUT2D eigenvalue weighted by molar-refractivity contribution is 5.65. The average molecular weight is 464 g/mol. The van der Waals surface area contributed by atoms with Crippen molar-refractivity contribution in [2.45, 2.75) is 44.9 Å². The Kier molecular flexibility index (Phi) is 6.86. The molecule has 0 radical (unpaired) electrons. The first kappa shape index (κ1) is 24.1. The van der Waals surface area contributed by atoms with Crippen LogP contribution in [0.4, 0.5) is 35.1 Å². The van der Waals surface area contributed by atoms with Crippen LogP contribution >= 0.6 is 0 Å². The molecule has 1 saturated carbocycles. The predicted octanol–water partition coefficient (Wildman–Crippen LogP) is 8.13. The van der Waals surface area contributed by atoms with E-state index in [1.54, 1.807) is 24.3 Å². The molecule has 32 heavy (non-hydrogen) atoms. The minimum absolute atomic E-state index is 0.134. The molecule has 0 heterocycles. The maximum Gasteiger partial charge on any atom is 0.442 e. The van der Waals surface area contributed by atoms with Gasteiger partial charge in [-0.2, -0.15) is 22.0 Å². The lowest BCUT2D eigenvalue weighted by atomic mass is 9.81. The normalized spacial score (nSPS) is 20.3. The van der Waals surface area contributed by atoms with Gasteiger partial charge < -0.3 is 4.74 Å². The zero-order valence-electron chi connectivity index (χ0n) is 17.0. The summed E-state index contributed by atoms with van der Waals surface area (Å²) in [5.74, 6) is -8.42. The lowest BCUT2D eigenvalue weighted by Gasteiger charge is -2.32. The quantitative estimate of drug-likeness (QED) is 0.406. The number of alkyl halides is 5. The number of hydrogen-bond donors (Lipinski definition) is 0. The van der Waals surface area contributed by atoms with Crippen LogP contribution in [0.25, 0.3) is 11.1 Å². The lowest BCUT2D eigenvalue weighted by molar-refractivity contribution is -0.225. The molecule has 2 aromatic rings. The molecule has 0 saturated heterocycles. The lowest BCUT2D eigenvalue weighted by Crippen LogP contribution is -2.37. The Morgan fingerprint density at radius 3 is 1.91 bits per heavy atom. The highest BCUT2D eigenvalue weighted by atomic mass is 19.4. The third kappa shape index (κ3) is 5.61. The first-order chi connectivity index (χ1) is 14.9. The van der Waals surface area contributed by atoms with Crippen molar-refractivity contribution in [3.8, 4) is 16.9 Å². The Balaban J connectivity index is 1.71. The van der Waals surface area contributed by atoms with E-state index < -0.39 is 47.3 Å². The fourth-order valence-corrected chi connectivity index (χ4v) is 3.71. The number of hydrogen-bond acceptors (Lipinski definition) is 1. The van der Waals surface area contributed by atoms with Gasteiger partial charge in [0.1, 0.15) is 0 Å². The zero-order chi connectivity index (χ0) is 23.7. The molecule has 1 nitrogen and oxygen atoms in total. The van der Waals surface area contributed by atoms with Crippen LogP contribution in [0.2, 0.25) is 0 Å². The van der Waals surface area contributed by atoms with Gasteiger partial charge in [0.25, 0.3) is 0 Å². The molecule has 0 unspecified atom stereocenters. The molecule has 0 N–H and O–H groups in total. The summed E-state index contributed by atoms with van der Waals surface area (Å²) < 4.78 is 112. The summed E-state index contributed by atoms with van der Waals surface area (Å²) in [6.07, 6.45) is -9.53. The molecule has 0 atom stereocenters. The first-order valence-electron chi connectivity index (χ1n) is 9.94. The molecule has 9 heteroatoms. The van der Waals surface area contributed by atoms with Crippen molar-refractivity contribution >= 4 is 0 Å². The third-order valence-electron chi connectivity index (χ3n) is 5.52. The van der Waals surface area contributed by atoms with E-state index in [-0.39, 0.29) is 31.2 Å². The molecule has 1 fully saturated rings. The molecule has 0 aliphatic heterocycles. The van der Waals surface area contributed by atoms with Gasteiger partial charge in [0.05, 0.1) is 5.92 Å². The van der Waals surface area contributed by atoms with E-state index in [4.69, 9.17) is 0 Å². The Morgan fingerprint density at radius 1 is 0.875 bits per heavy atom. The van der Waals surface area contributed by atoms with Crippen molar-refractivity contribution in [1.82, 2.24) is 0 Å². The van der Waals surface area contributed by atoms with Crippen molar-refractivity contribution in [2.75, 3.05) is 0 Å². The Hall–Kier alpha value is -2.58. The van der Waals surface area contributed by atoms with Gasteiger partial charge in [-0.25, -0.2) is 13.2 Å². The van der Waals surface area contributed by atoms with Gasteiger partial charge in [-0.05, 0) is 67.9 Å². The van der Waals surface area contributed by atoms with Gasteiger partial charge in [0, 0.05) is 0 Å². The van der Waals surface area contributed by atoms with Gasteiger partial charge in [-0.15, -0.1) is 0 Å². The van der Waals surface area contributed by atoms with Gasteiger partial charge in [0.2, 0.25) is 0 Å². The van der Waals surface area contributed by atoms with Crippen LogP contribution in [-0.4, -0.2) is 12.3 Å².